The van der Waals surface area contributed by atoms with Crippen LogP contribution >= 0.6 is 0 Å². The Morgan fingerprint density at radius 3 is 1.90 bits per heavy atom. The van der Waals surface area contributed by atoms with Crippen LogP contribution in [0.3, 0.4) is 0 Å². The molecular formula is C6H15N2O2. The van der Waals surface area contributed by atoms with Crippen LogP contribution in [0.5, 0.6) is 0 Å². The van der Waals surface area contributed by atoms with Crippen LogP contribution in [-0.2, 0) is 9.47 Å². The van der Waals surface area contributed by atoms with Gasteiger partial charge in [0.15, 0.2) is 0 Å². The summed E-state index contributed by atoms with van der Waals surface area (Å²) in [6, 6.07) is 0. The van der Waals surface area contributed by atoms with Gasteiger partial charge in [-0.15, -0.1) is 0 Å². The number of ether oxygens (including phenoxy) is 2. The highest BCUT2D eigenvalue weighted by atomic mass is 16.7. The first-order valence-corrected chi connectivity index (χ1v) is 3.40. The van der Waals surface area contributed by atoms with Gasteiger partial charge in [0.2, 0.25) is 5.91 Å². The van der Waals surface area contributed by atoms with Crippen molar-refractivity contribution in [3.8, 4) is 0 Å². The van der Waals surface area contributed by atoms with Gasteiger partial charge >= 0.3 is 0 Å². The molecule has 0 aliphatic rings. The molecule has 0 rings (SSSR count). The van der Waals surface area contributed by atoms with E-state index in [9.17, 15) is 0 Å². The third-order valence-corrected chi connectivity index (χ3v) is 1.02. The Labute approximate surface area is 61.5 Å². The lowest BCUT2D eigenvalue weighted by molar-refractivity contribution is -0.222. The molecule has 61 valence electrons. The first-order chi connectivity index (χ1) is 4.68. The van der Waals surface area contributed by atoms with E-state index >= 15 is 0 Å². The van der Waals surface area contributed by atoms with Crippen molar-refractivity contribution in [2.45, 2.75) is 19.8 Å². The van der Waals surface area contributed by atoms with Gasteiger partial charge in [-0.25, -0.2) is 0 Å². The highest BCUT2D eigenvalue weighted by Crippen LogP contribution is 2.02. The van der Waals surface area contributed by atoms with Gasteiger partial charge in [0, 0.05) is 13.2 Å². The lowest BCUT2D eigenvalue weighted by Gasteiger charge is -2.26. The molecule has 1 radical (unpaired) electrons. The summed E-state index contributed by atoms with van der Waals surface area (Å²) in [6.07, 6.45) is 0. The minimum absolute atomic E-state index is 0.0747. The molecule has 4 heteroatoms. The molecule has 0 aromatic heterocycles. The zero-order valence-electron chi connectivity index (χ0n) is 6.52. The van der Waals surface area contributed by atoms with Gasteiger partial charge in [-0.05, 0) is 13.8 Å². The number of nitrogens with one attached hydrogen (secondary N) is 1. The zero-order valence-corrected chi connectivity index (χ0v) is 6.52. The molecule has 4 nitrogen and oxygen atoms in total. The lowest BCUT2D eigenvalue weighted by Crippen LogP contribution is -2.49. The van der Waals surface area contributed by atoms with Crippen LogP contribution in [0.15, 0.2) is 0 Å². The highest BCUT2D eigenvalue weighted by Gasteiger charge is 2.23. The van der Waals surface area contributed by atoms with E-state index in [1.807, 2.05) is 13.8 Å². The summed E-state index contributed by atoms with van der Waals surface area (Å²) in [5.41, 5.74) is 12.5. The van der Waals surface area contributed by atoms with Crippen molar-refractivity contribution in [3.63, 3.8) is 0 Å². The van der Waals surface area contributed by atoms with Gasteiger partial charge in [-0.3, -0.25) is 11.5 Å². The summed E-state index contributed by atoms with van der Waals surface area (Å²) in [4.78, 5) is 0. The summed E-state index contributed by atoms with van der Waals surface area (Å²) < 4.78 is 9.97. The summed E-state index contributed by atoms with van der Waals surface area (Å²) in [5, 5.41) is 0. The summed E-state index contributed by atoms with van der Waals surface area (Å²) >= 11 is 0. The monoisotopic (exact) mass is 147 g/mol. The number of hydrogen-bond acceptors (Lipinski definition) is 3. The second-order valence-electron chi connectivity index (χ2n) is 1.85. The van der Waals surface area contributed by atoms with Crippen LogP contribution in [-0.4, -0.2) is 25.7 Å². The van der Waals surface area contributed by atoms with Crippen molar-refractivity contribution < 1.29 is 9.47 Å². The van der Waals surface area contributed by atoms with Gasteiger partial charge in [-0.2, -0.15) is 0 Å². The van der Waals surface area contributed by atoms with Crippen LogP contribution < -0.4 is 11.5 Å². The van der Waals surface area contributed by atoms with Crippen LogP contribution in [0.4, 0.5) is 0 Å². The average molecular weight is 147 g/mol. The lowest BCUT2D eigenvalue weighted by atomic mass is 10.5. The summed E-state index contributed by atoms with van der Waals surface area (Å²) in [6.45, 7) is 4.49. The van der Waals surface area contributed by atoms with E-state index in [1.165, 1.54) is 0 Å². The molecule has 10 heavy (non-hydrogen) atoms. The Morgan fingerprint density at radius 1 is 1.30 bits per heavy atom. The fourth-order valence-corrected chi connectivity index (χ4v) is 0.632. The molecule has 0 spiro atoms. The Morgan fingerprint density at radius 2 is 1.70 bits per heavy atom. The maximum Gasteiger partial charge on any atom is 0.239 e. The largest absolute Gasteiger partial charge is 0.337 e. The molecule has 0 saturated heterocycles. The van der Waals surface area contributed by atoms with Gasteiger partial charge < -0.3 is 9.47 Å². The van der Waals surface area contributed by atoms with Gasteiger partial charge in [-0.1, -0.05) is 0 Å². The molecule has 0 aromatic carbocycles. The molecule has 0 bridgehead atoms. The summed E-state index contributed by atoms with van der Waals surface area (Å²) in [7, 11) is 0. The van der Waals surface area contributed by atoms with Crippen LogP contribution in [0.2, 0.25) is 0 Å². The standard InChI is InChI=1S/C6H15N2O2/c1-3-9-6(8,5-7)10-4-2/h7H,3-5,8H2,1-2H3. The van der Waals surface area contributed by atoms with Crippen molar-refractivity contribution in [1.29, 1.82) is 0 Å². The quantitative estimate of drug-likeness (QED) is 0.554. The van der Waals surface area contributed by atoms with E-state index in [-0.39, 0.29) is 6.54 Å². The van der Waals surface area contributed by atoms with E-state index in [4.69, 9.17) is 20.9 Å². The fourth-order valence-electron chi connectivity index (χ4n) is 0.632. The topological polar surface area (TPSA) is 68.3 Å². The average Bonchev–Trinajstić information content (AvgIpc) is 1.89. The van der Waals surface area contributed by atoms with Crippen LogP contribution in [0.25, 0.3) is 0 Å². The molecule has 0 aromatic rings. The van der Waals surface area contributed by atoms with Gasteiger partial charge in [0.05, 0.1) is 6.54 Å². The van der Waals surface area contributed by atoms with Gasteiger partial charge in [0.25, 0.3) is 0 Å². The Bertz CT molecular complexity index is 81.8. The molecule has 0 heterocycles. The van der Waals surface area contributed by atoms with Crippen LogP contribution in [0.1, 0.15) is 13.8 Å². The van der Waals surface area contributed by atoms with E-state index in [0.717, 1.165) is 0 Å². The third kappa shape index (κ3) is 3.12. The third-order valence-electron chi connectivity index (χ3n) is 1.02. The van der Waals surface area contributed by atoms with Crippen molar-refractivity contribution >= 4 is 0 Å². The maximum absolute atomic E-state index is 6.99. The molecule has 0 aliphatic heterocycles. The molecule has 0 atom stereocenters. The van der Waals surface area contributed by atoms with Crippen LogP contribution in [0, 0.1) is 0 Å². The number of hydrogen-bond donors (Lipinski definition) is 1. The van der Waals surface area contributed by atoms with Crippen molar-refractivity contribution in [2.75, 3.05) is 19.8 Å². The minimum Gasteiger partial charge on any atom is -0.337 e. The second kappa shape index (κ2) is 4.62. The predicted molar refractivity (Wildman–Crippen MR) is 38.1 cm³/mol. The van der Waals surface area contributed by atoms with Gasteiger partial charge in [0.1, 0.15) is 0 Å². The zero-order chi connectivity index (χ0) is 8.04. The molecule has 0 amide bonds. The SMILES string of the molecule is CCOC(N)(C[NH])OCC. The second-order valence-corrected chi connectivity index (χ2v) is 1.85. The first-order valence-electron chi connectivity index (χ1n) is 3.40. The van der Waals surface area contributed by atoms with Crippen molar-refractivity contribution in [2.24, 2.45) is 5.73 Å². The summed E-state index contributed by atoms with van der Waals surface area (Å²) in [5.74, 6) is -1.19. The Kier molecular flexibility index (Phi) is 4.55. The smallest absolute Gasteiger partial charge is 0.239 e. The molecular weight excluding hydrogens is 132 g/mol. The molecule has 0 saturated carbocycles. The first kappa shape index (κ1) is 9.84. The Hall–Kier alpha value is -0.160. The fraction of sp³-hybridized carbons (Fsp3) is 1.00. The molecule has 0 unspecified atom stereocenters. The highest BCUT2D eigenvalue weighted by molar-refractivity contribution is 4.59. The number of nitrogens with two attached hydrogens (primary N) is 1. The molecule has 0 aliphatic carbocycles. The Balaban J connectivity index is 3.69. The van der Waals surface area contributed by atoms with E-state index in [0.29, 0.717) is 13.2 Å². The van der Waals surface area contributed by atoms with E-state index < -0.39 is 5.91 Å². The number of rotatable bonds is 5. The normalized spacial score (nSPS) is 12.0. The molecule has 0 fully saturated rings. The predicted octanol–water partition coefficient (Wildman–Crippen LogP) is -0.0452. The van der Waals surface area contributed by atoms with Crippen molar-refractivity contribution in [1.82, 2.24) is 5.73 Å². The van der Waals surface area contributed by atoms with Crippen molar-refractivity contribution in [3.05, 3.63) is 0 Å². The molecule has 3 N–H and O–H groups in total. The maximum atomic E-state index is 6.99. The minimum atomic E-state index is -1.19. The van der Waals surface area contributed by atoms with E-state index in [1.54, 1.807) is 0 Å². The van der Waals surface area contributed by atoms with E-state index in [2.05, 4.69) is 0 Å².